The Kier molecular flexibility index (Phi) is 5.66. The zero-order valence-corrected chi connectivity index (χ0v) is 14.2. The van der Waals surface area contributed by atoms with E-state index in [1.54, 1.807) is 6.92 Å². The van der Waals surface area contributed by atoms with E-state index in [4.69, 9.17) is 4.74 Å². The molecule has 0 aliphatic heterocycles. The Balaban J connectivity index is 2.42. The van der Waals surface area contributed by atoms with Crippen LogP contribution in [-0.2, 0) is 9.68 Å². The Hall–Kier alpha value is -1.75. The highest BCUT2D eigenvalue weighted by atomic mass is 127. The standard InChI is InChI=1S/C13H10FIN2O4S/c1-2-20-12(18)9-11(17-13(19)21-14)22-10(16-9)7-4-3-5-8(15)6-7/h3-6H,2H2,1H3,(H,17,19). The van der Waals surface area contributed by atoms with Crippen molar-refractivity contribution in [2.24, 2.45) is 0 Å². The average Bonchev–Trinajstić information content (AvgIpc) is 2.91. The van der Waals surface area contributed by atoms with Gasteiger partial charge in [0.05, 0.1) is 6.61 Å². The van der Waals surface area contributed by atoms with Crippen molar-refractivity contribution in [2.75, 3.05) is 11.9 Å². The Bertz CT molecular complexity index is 707. The second-order valence-electron chi connectivity index (χ2n) is 3.92. The van der Waals surface area contributed by atoms with Gasteiger partial charge < -0.3 is 4.74 Å². The first-order valence-electron chi connectivity index (χ1n) is 6.08. The molecule has 1 N–H and O–H groups in total. The van der Waals surface area contributed by atoms with Crippen LogP contribution in [0.4, 0.5) is 14.3 Å². The smallest absolute Gasteiger partial charge is 0.449 e. The third-order valence-corrected chi connectivity index (χ3v) is 4.14. The van der Waals surface area contributed by atoms with Crippen LogP contribution >= 0.6 is 33.9 Å². The molecule has 6 nitrogen and oxygen atoms in total. The summed E-state index contributed by atoms with van der Waals surface area (Å²) in [4.78, 5) is 30.1. The number of thiazole rings is 1. The number of rotatable bonds is 4. The molecule has 9 heteroatoms. The Morgan fingerprint density at radius 1 is 1.45 bits per heavy atom. The van der Waals surface area contributed by atoms with Crippen LogP contribution < -0.4 is 5.32 Å². The molecule has 0 fully saturated rings. The maximum atomic E-state index is 11.9. The van der Waals surface area contributed by atoms with Crippen molar-refractivity contribution in [3.63, 3.8) is 0 Å². The molecule has 1 amide bonds. The number of carbonyl (C=O) groups excluding carboxylic acids is 2. The third kappa shape index (κ3) is 3.91. The number of halogens is 2. The number of nitrogens with zero attached hydrogens (tertiary/aromatic N) is 1. The summed E-state index contributed by atoms with van der Waals surface area (Å²) in [5.74, 6) is -0.704. The topological polar surface area (TPSA) is 77.5 Å². The first-order chi connectivity index (χ1) is 10.5. The quantitative estimate of drug-likeness (QED) is 0.579. The summed E-state index contributed by atoms with van der Waals surface area (Å²) in [6.45, 7) is 1.80. The summed E-state index contributed by atoms with van der Waals surface area (Å²) >= 11 is 3.17. The summed E-state index contributed by atoms with van der Waals surface area (Å²) in [7, 11) is 0. The first kappa shape index (κ1) is 16.6. The number of esters is 1. The normalized spacial score (nSPS) is 10.1. The fourth-order valence-corrected chi connectivity index (χ4v) is 3.08. The van der Waals surface area contributed by atoms with Gasteiger partial charge in [0.15, 0.2) is 5.69 Å². The number of nitrogens with one attached hydrogen (secondary N) is 1. The fraction of sp³-hybridized carbons (Fsp3) is 0.154. The van der Waals surface area contributed by atoms with Crippen molar-refractivity contribution in [3.8, 4) is 10.6 Å². The van der Waals surface area contributed by atoms with Crippen LogP contribution in [0.15, 0.2) is 24.3 Å². The fourth-order valence-electron chi connectivity index (χ4n) is 1.60. The van der Waals surface area contributed by atoms with Crippen molar-refractivity contribution in [2.45, 2.75) is 6.92 Å². The molecule has 0 saturated heterocycles. The molecule has 0 atom stereocenters. The number of carbonyl (C=O) groups is 2. The lowest BCUT2D eigenvalue weighted by Gasteiger charge is -2.01. The van der Waals surface area contributed by atoms with Gasteiger partial charge in [-0.3, -0.25) is 5.32 Å². The summed E-state index contributed by atoms with van der Waals surface area (Å²) in [6, 6.07) is 7.42. The number of amides is 1. The SMILES string of the molecule is CCOC(=O)c1nc(-c2cccc(I)c2)sc1NC(=O)OF. The van der Waals surface area contributed by atoms with Crippen molar-refractivity contribution in [1.82, 2.24) is 4.98 Å². The third-order valence-electron chi connectivity index (χ3n) is 2.45. The highest BCUT2D eigenvalue weighted by molar-refractivity contribution is 14.1. The van der Waals surface area contributed by atoms with Gasteiger partial charge in [-0.05, 0) is 41.6 Å². The van der Waals surface area contributed by atoms with Gasteiger partial charge in [-0.25, -0.2) is 19.5 Å². The molecular weight excluding hydrogens is 426 g/mol. The Labute approximate surface area is 142 Å². The van der Waals surface area contributed by atoms with Gasteiger partial charge in [-0.1, -0.05) is 23.5 Å². The van der Waals surface area contributed by atoms with Gasteiger partial charge in [0.25, 0.3) is 0 Å². The van der Waals surface area contributed by atoms with Crippen molar-refractivity contribution < 1.29 is 23.8 Å². The lowest BCUT2D eigenvalue weighted by atomic mass is 10.2. The number of aromatic nitrogens is 1. The van der Waals surface area contributed by atoms with E-state index in [2.05, 4.69) is 37.8 Å². The highest BCUT2D eigenvalue weighted by Gasteiger charge is 2.22. The predicted octanol–water partition coefficient (Wildman–Crippen LogP) is 4.02. The number of hydrogen-bond donors (Lipinski definition) is 1. The molecule has 0 unspecified atom stereocenters. The Morgan fingerprint density at radius 3 is 2.86 bits per heavy atom. The lowest BCUT2D eigenvalue weighted by Crippen LogP contribution is -2.13. The van der Waals surface area contributed by atoms with E-state index in [-0.39, 0.29) is 17.3 Å². The van der Waals surface area contributed by atoms with Crippen LogP contribution in [0.25, 0.3) is 10.6 Å². The maximum Gasteiger partial charge on any atom is 0.449 e. The average molecular weight is 436 g/mol. The van der Waals surface area contributed by atoms with Crippen LogP contribution in [0.1, 0.15) is 17.4 Å². The molecule has 0 saturated carbocycles. The largest absolute Gasteiger partial charge is 0.461 e. The molecule has 22 heavy (non-hydrogen) atoms. The molecule has 2 aromatic rings. The number of ether oxygens (including phenoxy) is 1. The van der Waals surface area contributed by atoms with Gasteiger partial charge in [-0.15, -0.1) is 0 Å². The van der Waals surface area contributed by atoms with Crippen LogP contribution in [0, 0.1) is 3.57 Å². The molecule has 116 valence electrons. The van der Waals surface area contributed by atoms with E-state index in [1.165, 1.54) is 0 Å². The maximum absolute atomic E-state index is 11.9. The van der Waals surface area contributed by atoms with Crippen LogP contribution in [-0.4, -0.2) is 23.7 Å². The molecule has 1 heterocycles. The van der Waals surface area contributed by atoms with Crippen molar-refractivity contribution in [1.29, 1.82) is 0 Å². The van der Waals surface area contributed by atoms with Crippen LogP contribution in [0.3, 0.4) is 0 Å². The van der Waals surface area contributed by atoms with Crippen LogP contribution in [0.5, 0.6) is 0 Å². The molecule has 0 bridgehead atoms. The minimum absolute atomic E-state index is 0.0648. The van der Waals surface area contributed by atoms with E-state index in [1.807, 2.05) is 24.3 Å². The van der Waals surface area contributed by atoms with E-state index >= 15 is 0 Å². The van der Waals surface area contributed by atoms with Gasteiger partial charge in [0.2, 0.25) is 0 Å². The molecule has 0 spiro atoms. The zero-order valence-electron chi connectivity index (χ0n) is 11.3. The molecule has 0 radical (unpaired) electrons. The summed E-state index contributed by atoms with van der Waals surface area (Å²) in [6.07, 6.45) is -1.33. The monoisotopic (exact) mass is 436 g/mol. The molecular formula is C13H10FIN2O4S. The summed E-state index contributed by atoms with van der Waals surface area (Å²) in [5, 5.41) is 2.68. The highest BCUT2D eigenvalue weighted by Crippen LogP contribution is 2.33. The molecule has 0 aliphatic carbocycles. The molecule has 2 rings (SSSR count). The minimum atomic E-state index is -1.33. The zero-order chi connectivity index (χ0) is 16.1. The van der Waals surface area contributed by atoms with Crippen LogP contribution in [0.2, 0.25) is 0 Å². The second-order valence-corrected chi connectivity index (χ2v) is 6.16. The van der Waals surface area contributed by atoms with Gasteiger partial charge in [0, 0.05) is 13.7 Å². The molecule has 0 aliphatic rings. The number of benzene rings is 1. The van der Waals surface area contributed by atoms with Crippen molar-refractivity contribution in [3.05, 3.63) is 33.5 Å². The number of anilines is 1. The van der Waals surface area contributed by atoms with Gasteiger partial charge >= 0.3 is 12.1 Å². The molecule has 1 aromatic carbocycles. The van der Waals surface area contributed by atoms with Crippen molar-refractivity contribution >= 4 is 51.0 Å². The summed E-state index contributed by atoms with van der Waals surface area (Å²) in [5.41, 5.74) is 0.676. The van der Waals surface area contributed by atoms with E-state index in [9.17, 15) is 14.1 Å². The summed E-state index contributed by atoms with van der Waals surface area (Å²) < 4.78 is 17.8. The van der Waals surface area contributed by atoms with Gasteiger partial charge in [0.1, 0.15) is 10.0 Å². The van der Waals surface area contributed by atoms with E-state index in [0.29, 0.717) is 5.01 Å². The van der Waals surface area contributed by atoms with Gasteiger partial charge in [-0.2, -0.15) is 0 Å². The van der Waals surface area contributed by atoms with E-state index in [0.717, 1.165) is 20.5 Å². The lowest BCUT2D eigenvalue weighted by molar-refractivity contribution is -0.0543. The molecule has 1 aromatic heterocycles. The Morgan fingerprint density at radius 2 is 2.23 bits per heavy atom. The van der Waals surface area contributed by atoms with E-state index < -0.39 is 12.1 Å². The first-order valence-corrected chi connectivity index (χ1v) is 7.98. The minimum Gasteiger partial charge on any atom is -0.461 e. The predicted molar refractivity (Wildman–Crippen MR) is 87.4 cm³/mol. The second kappa shape index (κ2) is 7.49. The number of hydrogen-bond acceptors (Lipinski definition) is 6.